The first-order valence-corrected chi connectivity index (χ1v) is 10.1. The minimum Gasteiger partial charge on any atom is -0.391 e. The normalized spacial score (nSPS) is 30.3. The molecular formula is C10H15FN2O13P2. The Balaban J connectivity index is 2.26. The van der Waals surface area contributed by atoms with E-state index in [1.807, 2.05) is 0 Å². The first kappa shape index (κ1) is 23.0. The summed E-state index contributed by atoms with van der Waals surface area (Å²) in [4.78, 5) is 51.1. The van der Waals surface area contributed by atoms with Gasteiger partial charge >= 0.3 is 21.3 Å². The fraction of sp³-hybridized carbons (Fsp3) is 0.600. The number of aliphatic hydroxyl groups excluding tert-OH is 3. The van der Waals surface area contributed by atoms with E-state index in [9.17, 15) is 33.3 Å². The van der Waals surface area contributed by atoms with E-state index in [2.05, 4.69) is 8.83 Å². The predicted octanol–water partition coefficient (Wildman–Crippen LogP) is -2.83. The van der Waals surface area contributed by atoms with Gasteiger partial charge in [-0.15, -0.1) is 0 Å². The Bertz CT molecular complexity index is 942. The van der Waals surface area contributed by atoms with Crippen LogP contribution in [0, 0.1) is 0 Å². The van der Waals surface area contributed by atoms with Crippen molar-refractivity contribution in [3.05, 3.63) is 32.6 Å². The molecule has 0 bridgehead atoms. The summed E-state index contributed by atoms with van der Waals surface area (Å²) in [6, 6.07) is 0. The van der Waals surface area contributed by atoms with Crippen LogP contribution in [0.2, 0.25) is 0 Å². The summed E-state index contributed by atoms with van der Waals surface area (Å²) in [5.41, 5.74) is -2.55. The average molecular weight is 452 g/mol. The SMILES string of the molecule is O=c1[nH]c(=O)n([C@@H]2O[C@](F)(COP(=O)(O)OP(=O)(O)O)[C@@H](O)[C@H]2O)cc1CO. The van der Waals surface area contributed by atoms with Crippen LogP contribution in [0.1, 0.15) is 11.8 Å². The topological polar surface area (TPSA) is 238 Å². The number of hydrogen-bond donors (Lipinski definition) is 7. The number of H-pyrrole nitrogens is 1. The fourth-order valence-electron chi connectivity index (χ4n) is 2.25. The Morgan fingerprint density at radius 3 is 2.43 bits per heavy atom. The van der Waals surface area contributed by atoms with E-state index >= 15 is 0 Å². The minimum atomic E-state index is -5.50. The van der Waals surface area contributed by atoms with Crippen LogP contribution in [0.5, 0.6) is 0 Å². The molecule has 1 aliphatic heterocycles. The van der Waals surface area contributed by atoms with Gasteiger partial charge in [0, 0.05) is 6.20 Å². The molecular weight excluding hydrogens is 437 g/mol. The number of aromatic amines is 1. The molecule has 15 nitrogen and oxygen atoms in total. The Morgan fingerprint density at radius 2 is 1.89 bits per heavy atom. The van der Waals surface area contributed by atoms with Gasteiger partial charge in [-0.3, -0.25) is 18.9 Å². The van der Waals surface area contributed by atoms with Crippen molar-refractivity contribution in [3.8, 4) is 0 Å². The number of hydrogen-bond acceptors (Lipinski definition) is 10. The van der Waals surface area contributed by atoms with Crippen LogP contribution in [0.3, 0.4) is 0 Å². The van der Waals surface area contributed by atoms with Gasteiger partial charge in [0.05, 0.1) is 12.2 Å². The second-order valence-electron chi connectivity index (χ2n) is 5.52. The number of aromatic nitrogens is 2. The molecule has 1 fully saturated rings. The average Bonchev–Trinajstić information content (AvgIpc) is 2.76. The van der Waals surface area contributed by atoms with Crippen LogP contribution in [0.4, 0.5) is 4.39 Å². The number of phosphoric acid groups is 2. The lowest BCUT2D eigenvalue weighted by Gasteiger charge is -2.23. The number of phosphoric ester groups is 1. The highest BCUT2D eigenvalue weighted by atomic mass is 31.3. The third-order valence-electron chi connectivity index (χ3n) is 3.49. The van der Waals surface area contributed by atoms with Gasteiger partial charge in [-0.05, 0) is 0 Å². The fourth-order valence-corrected chi connectivity index (χ4v) is 3.85. The van der Waals surface area contributed by atoms with E-state index in [1.54, 1.807) is 4.98 Å². The van der Waals surface area contributed by atoms with Gasteiger partial charge in [-0.25, -0.2) is 18.3 Å². The number of halogens is 1. The minimum absolute atomic E-state index is 0.368. The van der Waals surface area contributed by atoms with E-state index < -0.39 is 64.4 Å². The molecule has 2 rings (SSSR count). The quantitative estimate of drug-likeness (QED) is 0.207. The van der Waals surface area contributed by atoms with Gasteiger partial charge in [0.1, 0.15) is 18.8 Å². The zero-order valence-corrected chi connectivity index (χ0v) is 15.3. The van der Waals surface area contributed by atoms with Crippen molar-refractivity contribution in [2.45, 2.75) is 30.9 Å². The van der Waals surface area contributed by atoms with E-state index in [4.69, 9.17) is 24.5 Å². The highest BCUT2D eigenvalue weighted by Gasteiger charge is 2.57. The van der Waals surface area contributed by atoms with Gasteiger partial charge in [0.2, 0.25) is 0 Å². The third-order valence-corrected chi connectivity index (χ3v) is 5.63. The van der Waals surface area contributed by atoms with Gasteiger partial charge < -0.3 is 34.7 Å². The lowest BCUT2D eigenvalue weighted by Crippen LogP contribution is -2.43. The maximum atomic E-state index is 14.8. The number of alkyl halides is 1. The Kier molecular flexibility index (Phi) is 6.45. The zero-order valence-electron chi connectivity index (χ0n) is 13.5. The molecule has 0 spiro atoms. The van der Waals surface area contributed by atoms with Crippen molar-refractivity contribution in [3.63, 3.8) is 0 Å². The number of nitrogens with zero attached hydrogens (tertiary/aromatic N) is 1. The molecule has 5 atom stereocenters. The largest absolute Gasteiger partial charge is 0.481 e. The van der Waals surface area contributed by atoms with Crippen LogP contribution in [-0.2, 0) is 29.3 Å². The molecule has 0 amide bonds. The second kappa shape index (κ2) is 7.85. The van der Waals surface area contributed by atoms with E-state index in [-0.39, 0.29) is 5.56 Å². The molecule has 0 saturated carbocycles. The highest BCUT2D eigenvalue weighted by molar-refractivity contribution is 7.60. The molecule has 1 aliphatic rings. The van der Waals surface area contributed by atoms with Crippen LogP contribution in [0.25, 0.3) is 0 Å². The maximum Gasteiger partial charge on any atom is 0.481 e. The van der Waals surface area contributed by atoms with E-state index in [0.29, 0.717) is 4.57 Å². The summed E-state index contributed by atoms with van der Waals surface area (Å²) in [5, 5.41) is 28.8. The van der Waals surface area contributed by atoms with Crippen LogP contribution in [-0.4, -0.2) is 64.2 Å². The van der Waals surface area contributed by atoms with Gasteiger partial charge in [-0.1, -0.05) is 0 Å². The summed E-state index contributed by atoms with van der Waals surface area (Å²) < 4.78 is 49.3. The molecule has 0 aromatic carbocycles. The second-order valence-corrected chi connectivity index (χ2v) is 8.35. The molecule has 1 unspecified atom stereocenters. The summed E-state index contributed by atoms with van der Waals surface area (Å²) in [7, 11) is -11.0. The Morgan fingerprint density at radius 1 is 1.29 bits per heavy atom. The van der Waals surface area contributed by atoms with Crippen molar-refractivity contribution in [1.82, 2.24) is 9.55 Å². The smallest absolute Gasteiger partial charge is 0.391 e. The molecule has 18 heteroatoms. The molecule has 160 valence electrons. The van der Waals surface area contributed by atoms with Gasteiger partial charge in [-0.2, -0.15) is 4.31 Å². The molecule has 7 N–H and O–H groups in total. The molecule has 1 aromatic heterocycles. The summed E-state index contributed by atoms with van der Waals surface area (Å²) in [6.45, 7) is -2.49. The van der Waals surface area contributed by atoms with Crippen LogP contribution < -0.4 is 11.2 Å². The van der Waals surface area contributed by atoms with E-state index in [1.165, 1.54) is 0 Å². The first-order chi connectivity index (χ1) is 12.7. The number of rotatable bonds is 7. The standard InChI is InChI=1S/C10H15FN2O13P2/c11-10(3-24-28(22,23)26-27(19,20)21)6(16)5(15)8(25-10)13-1-4(2-14)7(17)12-9(13)18/h1,5-6,8,14-16H,2-3H2,(H,22,23)(H,12,17,18)(H2,19,20,21)/t5-,6+,8-,10-/m1/s1. The predicted molar refractivity (Wildman–Crippen MR) is 82.1 cm³/mol. The van der Waals surface area contributed by atoms with Gasteiger partial charge in [0.25, 0.3) is 11.4 Å². The lowest BCUT2D eigenvalue weighted by molar-refractivity contribution is -0.205. The molecule has 0 radical (unpaired) electrons. The number of ether oxygens (including phenoxy) is 1. The number of nitrogens with one attached hydrogen (secondary N) is 1. The van der Waals surface area contributed by atoms with Crippen molar-refractivity contribution in [1.29, 1.82) is 0 Å². The Labute approximate surface area is 153 Å². The van der Waals surface area contributed by atoms with Crippen molar-refractivity contribution in [2.24, 2.45) is 0 Å². The number of aliphatic hydroxyl groups is 3. The summed E-state index contributed by atoms with van der Waals surface area (Å²) >= 11 is 0. The lowest BCUT2D eigenvalue weighted by atomic mass is 10.1. The van der Waals surface area contributed by atoms with Crippen LogP contribution >= 0.6 is 15.6 Å². The Hall–Kier alpha value is -1.29. The van der Waals surface area contributed by atoms with Crippen molar-refractivity contribution in [2.75, 3.05) is 6.61 Å². The monoisotopic (exact) mass is 452 g/mol. The van der Waals surface area contributed by atoms with E-state index in [0.717, 1.165) is 6.20 Å². The first-order valence-electron chi connectivity index (χ1n) is 7.11. The zero-order chi connectivity index (χ0) is 21.5. The summed E-state index contributed by atoms with van der Waals surface area (Å²) in [5.74, 6) is -3.43. The molecule has 28 heavy (non-hydrogen) atoms. The summed E-state index contributed by atoms with van der Waals surface area (Å²) in [6.07, 6.45) is -5.88. The maximum absolute atomic E-state index is 14.8. The highest BCUT2D eigenvalue weighted by Crippen LogP contribution is 2.58. The van der Waals surface area contributed by atoms with Crippen molar-refractivity contribution < 1.29 is 57.1 Å². The molecule has 1 aromatic rings. The van der Waals surface area contributed by atoms with Gasteiger partial charge in [0.15, 0.2) is 6.23 Å². The molecule has 2 heterocycles. The van der Waals surface area contributed by atoms with Crippen molar-refractivity contribution >= 4 is 15.6 Å². The van der Waals surface area contributed by atoms with Crippen LogP contribution in [0.15, 0.2) is 15.8 Å². The molecule has 1 saturated heterocycles. The molecule has 0 aliphatic carbocycles. The third kappa shape index (κ3) is 5.00.